The van der Waals surface area contributed by atoms with Crippen molar-refractivity contribution in [3.05, 3.63) is 11.6 Å². The predicted octanol–water partition coefficient (Wildman–Crippen LogP) is 0.842. The highest BCUT2D eigenvalue weighted by Crippen LogP contribution is 1.98. The molecule has 0 saturated carbocycles. The zero-order valence-corrected chi connectivity index (χ0v) is 6.39. The Kier molecular flexibility index (Phi) is 1.75. The first-order valence-corrected chi connectivity index (χ1v) is 3.26. The molecule has 0 N–H and O–H groups in total. The molecule has 0 amide bonds. The zero-order valence-electron chi connectivity index (χ0n) is 5.50. The number of nitrogens with zero attached hydrogens (tertiary/aromatic N) is 3. The summed E-state index contributed by atoms with van der Waals surface area (Å²) in [6.07, 6.45) is 0.879. The second-order valence-electron chi connectivity index (χ2n) is 1.82. The molecule has 3 nitrogen and oxygen atoms in total. The van der Waals surface area contributed by atoms with Crippen LogP contribution in [0.2, 0.25) is 0 Å². The zero-order chi connectivity index (χ0) is 6.85. The third kappa shape index (κ3) is 1.24. The van der Waals surface area contributed by atoms with Gasteiger partial charge in [0.15, 0.2) is 0 Å². The normalized spacial score (nSPS) is 10.1. The summed E-state index contributed by atoms with van der Waals surface area (Å²) in [6.45, 7) is 3.88. The average Bonchev–Trinajstić information content (AvgIpc) is 2.10. The van der Waals surface area contributed by atoms with E-state index in [4.69, 9.17) is 0 Å². The summed E-state index contributed by atoms with van der Waals surface area (Å²) in [7, 11) is 0. The largest absolute Gasteiger partial charge is 0.216 e. The van der Waals surface area contributed by atoms with Crippen LogP contribution in [-0.4, -0.2) is 14.2 Å². The lowest BCUT2D eigenvalue weighted by molar-refractivity contribution is 0.898. The Morgan fingerprint density at radius 2 is 2.33 bits per heavy atom. The lowest BCUT2D eigenvalue weighted by Crippen LogP contribution is -1.90. The lowest BCUT2D eigenvalue weighted by atomic mass is 10.5. The lowest BCUT2D eigenvalue weighted by Gasteiger charge is -1.88. The van der Waals surface area contributed by atoms with Crippen molar-refractivity contribution in [3.63, 3.8) is 0 Å². The van der Waals surface area contributed by atoms with Crippen LogP contribution in [0, 0.1) is 6.92 Å². The SMILES string of the molecule is CCc1nc(C)nn1S. The van der Waals surface area contributed by atoms with Crippen LogP contribution in [0.1, 0.15) is 18.6 Å². The second-order valence-corrected chi connectivity index (χ2v) is 2.20. The van der Waals surface area contributed by atoms with Crippen molar-refractivity contribution < 1.29 is 0 Å². The summed E-state index contributed by atoms with van der Waals surface area (Å²) in [6, 6.07) is 0. The fourth-order valence-electron chi connectivity index (χ4n) is 0.669. The minimum atomic E-state index is 0.779. The van der Waals surface area contributed by atoms with Crippen molar-refractivity contribution in [2.24, 2.45) is 0 Å². The number of thiol groups is 1. The van der Waals surface area contributed by atoms with Gasteiger partial charge in [-0.3, -0.25) is 0 Å². The van der Waals surface area contributed by atoms with Crippen LogP contribution in [0.25, 0.3) is 0 Å². The van der Waals surface area contributed by atoms with Gasteiger partial charge in [0.05, 0.1) is 0 Å². The minimum absolute atomic E-state index is 0.779. The molecule has 0 bridgehead atoms. The summed E-state index contributed by atoms with van der Waals surface area (Å²) in [4.78, 5) is 4.10. The first-order valence-electron chi connectivity index (χ1n) is 2.86. The fourth-order valence-corrected chi connectivity index (χ4v) is 0.985. The molecule has 0 aliphatic carbocycles. The van der Waals surface area contributed by atoms with Crippen LogP contribution in [0.4, 0.5) is 0 Å². The molecule has 50 valence electrons. The molecule has 1 aromatic heterocycles. The van der Waals surface area contributed by atoms with E-state index in [0.29, 0.717) is 0 Å². The van der Waals surface area contributed by atoms with E-state index >= 15 is 0 Å². The fraction of sp³-hybridized carbons (Fsp3) is 0.600. The highest BCUT2D eigenvalue weighted by molar-refractivity contribution is 7.78. The summed E-state index contributed by atoms with van der Waals surface area (Å²) in [5, 5.41) is 3.95. The molecule has 0 atom stereocenters. The van der Waals surface area contributed by atoms with Crippen LogP contribution in [0.3, 0.4) is 0 Å². The molecule has 0 spiro atoms. The highest BCUT2D eigenvalue weighted by atomic mass is 32.1. The van der Waals surface area contributed by atoms with Crippen molar-refractivity contribution >= 4 is 12.8 Å². The van der Waals surface area contributed by atoms with Gasteiger partial charge in [0.2, 0.25) is 0 Å². The smallest absolute Gasteiger partial charge is 0.148 e. The second kappa shape index (κ2) is 2.39. The van der Waals surface area contributed by atoms with E-state index in [9.17, 15) is 0 Å². The Hall–Kier alpha value is -0.510. The Bertz CT molecular complexity index is 206. The van der Waals surface area contributed by atoms with E-state index in [1.165, 1.54) is 4.09 Å². The molecule has 9 heavy (non-hydrogen) atoms. The topological polar surface area (TPSA) is 30.7 Å². The summed E-state index contributed by atoms with van der Waals surface area (Å²) in [5.74, 6) is 1.69. The van der Waals surface area contributed by atoms with Gasteiger partial charge in [0.1, 0.15) is 11.6 Å². The molecule has 0 aliphatic heterocycles. The van der Waals surface area contributed by atoms with Gasteiger partial charge in [-0.1, -0.05) is 6.92 Å². The van der Waals surface area contributed by atoms with Gasteiger partial charge >= 0.3 is 0 Å². The van der Waals surface area contributed by atoms with E-state index in [0.717, 1.165) is 18.1 Å². The first-order chi connectivity index (χ1) is 4.24. The average molecular weight is 143 g/mol. The van der Waals surface area contributed by atoms with Gasteiger partial charge in [-0.2, -0.15) is 4.09 Å². The van der Waals surface area contributed by atoms with Crippen LogP contribution in [-0.2, 0) is 6.42 Å². The molecule has 4 heteroatoms. The van der Waals surface area contributed by atoms with E-state index in [1.807, 2.05) is 13.8 Å². The standard InChI is InChI=1S/C5H9N3S/c1-3-5-6-4(2)7-8(5)9/h9H,3H2,1-2H3. The van der Waals surface area contributed by atoms with Crippen LogP contribution in [0.15, 0.2) is 0 Å². The molecule has 0 unspecified atom stereocenters. The molecule has 0 aliphatic rings. The molecule has 1 heterocycles. The Labute approximate surface area is 59.6 Å². The summed E-state index contributed by atoms with van der Waals surface area (Å²) in [5.41, 5.74) is 0. The van der Waals surface area contributed by atoms with Crippen LogP contribution in [0.5, 0.6) is 0 Å². The first kappa shape index (κ1) is 6.61. The van der Waals surface area contributed by atoms with Crippen molar-refractivity contribution in [3.8, 4) is 0 Å². The van der Waals surface area contributed by atoms with Crippen molar-refractivity contribution in [2.75, 3.05) is 0 Å². The van der Waals surface area contributed by atoms with E-state index in [-0.39, 0.29) is 0 Å². The van der Waals surface area contributed by atoms with E-state index in [1.54, 1.807) is 0 Å². The molecule has 0 aromatic carbocycles. The third-order valence-corrected chi connectivity index (χ3v) is 1.40. The third-order valence-electron chi connectivity index (χ3n) is 1.08. The van der Waals surface area contributed by atoms with Gasteiger partial charge < -0.3 is 0 Å². The van der Waals surface area contributed by atoms with E-state index in [2.05, 4.69) is 22.9 Å². The van der Waals surface area contributed by atoms with Crippen molar-refractivity contribution in [2.45, 2.75) is 20.3 Å². The number of aromatic nitrogens is 3. The van der Waals surface area contributed by atoms with Crippen LogP contribution >= 0.6 is 12.8 Å². The van der Waals surface area contributed by atoms with Gasteiger partial charge in [0.25, 0.3) is 0 Å². The van der Waals surface area contributed by atoms with E-state index < -0.39 is 0 Å². The van der Waals surface area contributed by atoms with Crippen LogP contribution < -0.4 is 0 Å². The number of aryl methyl sites for hydroxylation is 2. The quantitative estimate of drug-likeness (QED) is 0.591. The molecular weight excluding hydrogens is 134 g/mol. The minimum Gasteiger partial charge on any atom is -0.216 e. The number of rotatable bonds is 1. The Morgan fingerprint density at radius 1 is 1.67 bits per heavy atom. The Balaban J connectivity index is 3.01. The maximum absolute atomic E-state index is 4.10. The number of hydrogen-bond acceptors (Lipinski definition) is 3. The molecule has 1 rings (SSSR count). The molecule has 0 radical (unpaired) electrons. The molecule has 1 aromatic rings. The summed E-state index contributed by atoms with van der Waals surface area (Å²) >= 11 is 4.04. The molecular formula is C5H9N3S. The van der Waals surface area contributed by atoms with Gasteiger partial charge in [-0.25, -0.2) is 4.98 Å². The van der Waals surface area contributed by atoms with Gasteiger partial charge in [-0.05, 0) is 19.7 Å². The Morgan fingerprint density at radius 3 is 2.56 bits per heavy atom. The maximum Gasteiger partial charge on any atom is 0.148 e. The summed E-state index contributed by atoms with van der Waals surface area (Å²) < 4.78 is 1.51. The van der Waals surface area contributed by atoms with Crippen molar-refractivity contribution in [1.29, 1.82) is 0 Å². The van der Waals surface area contributed by atoms with Crippen molar-refractivity contribution in [1.82, 2.24) is 14.2 Å². The maximum atomic E-state index is 4.10. The van der Waals surface area contributed by atoms with Gasteiger partial charge in [-0.15, -0.1) is 5.10 Å². The molecule has 0 saturated heterocycles. The highest BCUT2D eigenvalue weighted by Gasteiger charge is 1.99. The molecule has 0 fully saturated rings. The van der Waals surface area contributed by atoms with Gasteiger partial charge in [0, 0.05) is 6.42 Å². The monoisotopic (exact) mass is 143 g/mol. The number of hydrogen-bond donors (Lipinski definition) is 1. The predicted molar refractivity (Wildman–Crippen MR) is 38.5 cm³/mol.